The molecule has 4 aromatic rings. The van der Waals surface area contributed by atoms with Gasteiger partial charge in [0.1, 0.15) is 12.4 Å². The molecule has 1 amide bonds. The zero-order valence-electron chi connectivity index (χ0n) is 21.7. The molecule has 0 fully saturated rings. The third kappa shape index (κ3) is 7.44. The molecule has 0 bridgehead atoms. The lowest BCUT2D eigenvalue weighted by Gasteiger charge is -2.12. The summed E-state index contributed by atoms with van der Waals surface area (Å²) < 4.78 is 37.5. The van der Waals surface area contributed by atoms with Crippen molar-refractivity contribution in [2.75, 3.05) is 32.6 Å². The highest BCUT2D eigenvalue weighted by Gasteiger charge is 2.22. The first-order valence-corrected chi connectivity index (χ1v) is 13.6. The van der Waals surface area contributed by atoms with Gasteiger partial charge in [0.2, 0.25) is 11.9 Å². The van der Waals surface area contributed by atoms with Crippen LogP contribution in [0.15, 0.2) is 73.2 Å². The number of hydrogen-bond donors (Lipinski definition) is 2. The first kappa shape index (κ1) is 28.3. The van der Waals surface area contributed by atoms with Gasteiger partial charge in [0.25, 0.3) is 0 Å². The number of benzene rings is 1. The minimum Gasteiger partial charge on any atom is -0.323 e. The topological polar surface area (TPSA) is 119 Å². The summed E-state index contributed by atoms with van der Waals surface area (Å²) in [4.78, 5) is 32.3. The summed E-state index contributed by atoms with van der Waals surface area (Å²) in [6, 6.07) is 12.2. The fourth-order valence-corrected chi connectivity index (χ4v) is 4.57. The van der Waals surface area contributed by atoms with Crippen molar-refractivity contribution in [3.8, 4) is 22.3 Å². The van der Waals surface area contributed by atoms with E-state index in [0.717, 1.165) is 11.1 Å². The fraction of sp³-hybridized carbons (Fsp3) is 0.222. The average Bonchev–Trinajstić information content (AvgIpc) is 3.25. The summed E-state index contributed by atoms with van der Waals surface area (Å²) >= 11 is 0. The number of fused-ring (bicyclic) bond motifs is 1. The molecule has 12 heteroatoms. The zero-order chi connectivity index (χ0) is 28.0. The normalized spacial score (nSPS) is 13.3. The molecule has 0 aliphatic carbocycles. The number of halogens is 1. The van der Waals surface area contributed by atoms with Crippen LogP contribution in [0.1, 0.15) is 6.92 Å². The summed E-state index contributed by atoms with van der Waals surface area (Å²) in [5, 5.41) is 3.51. The Morgan fingerprint density at radius 2 is 1.97 bits per heavy atom. The van der Waals surface area contributed by atoms with Crippen molar-refractivity contribution in [1.29, 1.82) is 0 Å². The largest absolute Gasteiger partial charge is 0.473 e. The predicted octanol–water partition coefficient (Wildman–Crippen LogP) is 5.07. The first-order chi connectivity index (χ1) is 18.6. The fourth-order valence-electron chi connectivity index (χ4n) is 3.89. The Kier molecular flexibility index (Phi) is 9.01. The summed E-state index contributed by atoms with van der Waals surface area (Å²) in [5.41, 5.74) is 3.79. The van der Waals surface area contributed by atoms with Crippen LogP contribution >= 0.6 is 7.82 Å². The Morgan fingerprint density at radius 1 is 1.15 bits per heavy atom. The van der Waals surface area contributed by atoms with E-state index in [2.05, 4.69) is 15.3 Å². The lowest BCUT2D eigenvalue weighted by molar-refractivity contribution is -0.111. The molecule has 1 unspecified atom stereocenters. The number of phosphoric acid groups is 1. The Balaban J connectivity index is 1.69. The molecule has 0 aliphatic heterocycles. The number of nitrogens with one attached hydrogen (secondary N) is 1. The molecule has 0 saturated carbocycles. The minimum atomic E-state index is -4.25. The van der Waals surface area contributed by atoms with Crippen molar-refractivity contribution in [1.82, 2.24) is 19.4 Å². The van der Waals surface area contributed by atoms with Crippen LogP contribution in [0, 0.1) is 5.95 Å². The Labute approximate surface area is 225 Å². The Morgan fingerprint density at radius 3 is 2.72 bits per heavy atom. The molecule has 0 radical (unpaired) electrons. The number of likely N-dealkylation sites (N-methyl/N-ethyl adjacent to an activating group) is 1. The van der Waals surface area contributed by atoms with E-state index >= 15 is 0 Å². The van der Waals surface area contributed by atoms with Gasteiger partial charge in [0, 0.05) is 59.5 Å². The van der Waals surface area contributed by atoms with E-state index in [1.807, 2.05) is 43.3 Å². The predicted molar refractivity (Wildman–Crippen MR) is 147 cm³/mol. The molecule has 10 nitrogen and oxygen atoms in total. The summed E-state index contributed by atoms with van der Waals surface area (Å²) in [7, 11) is -0.420. The van der Waals surface area contributed by atoms with E-state index in [0.29, 0.717) is 34.4 Å². The highest BCUT2D eigenvalue weighted by atomic mass is 31.2. The van der Waals surface area contributed by atoms with Crippen molar-refractivity contribution < 1.29 is 27.7 Å². The first-order valence-electron chi connectivity index (χ1n) is 12.1. The monoisotopic (exact) mass is 553 g/mol. The van der Waals surface area contributed by atoms with Crippen molar-refractivity contribution >= 4 is 30.5 Å². The molecule has 3 heterocycles. The maximum absolute atomic E-state index is 14.0. The van der Waals surface area contributed by atoms with Gasteiger partial charge in [-0.2, -0.15) is 4.39 Å². The second-order valence-electron chi connectivity index (χ2n) is 8.85. The third-order valence-corrected chi connectivity index (χ3v) is 6.63. The van der Waals surface area contributed by atoms with Crippen LogP contribution in [0.5, 0.6) is 0 Å². The van der Waals surface area contributed by atoms with Gasteiger partial charge < -0.3 is 19.7 Å². The number of carbonyl (C=O) groups excluding carboxylic acids is 1. The molecule has 204 valence electrons. The molecule has 1 aromatic carbocycles. The van der Waals surface area contributed by atoms with Gasteiger partial charge in [-0.15, -0.1) is 0 Å². The molecule has 0 saturated heterocycles. The highest BCUT2D eigenvalue weighted by molar-refractivity contribution is 7.47. The second-order valence-corrected chi connectivity index (χ2v) is 10.3. The maximum atomic E-state index is 14.0. The van der Waals surface area contributed by atoms with Crippen molar-refractivity contribution in [2.45, 2.75) is 13.7 Å². The SMILES string of the molecule is CCOP(=O)(O)OCn1cc(-c2ccnc(F)c2)c2cc(-c3cccc(NC(=O)C=CCN(C)C)c3)cnc21. The summed E-state index contributed by atoms with van der Waals surface area (Å²) in [6.45, 7) is 1.93. The van der Waals surface area contributed by atoms with Gasteiger partial charge in [-0.3, -0.25) is 13.8 Å². The Bertz CT molecular complexity index is 1550. The van der Waals surface area contributed by atoms with E-state index in [-0.39, 0.29) is 19.2 Å². The number of rotatable bonds is 11. The second kappa shape index (κ2) is 12.4. The van der Waals surface area contributed by atoms with Gasteiger partial charge in [-0.1, -0.05) is 18.2 Å². The number of carbonyl (C=O) groups is 1. The molecular weight excluding hydrogens is 524 g/mol. The van der Waals surface area contributed by atoms with E-state index in [4.69, 9.17) is 9.05 Å². The van der Waals surface area contributed by atoms with Gasteiger partial charge in [0.15, 0.2) is 0 Å². The number of nitrogens with zero attached hydrogens (tertiary/aromatic N) is 4. The average molecular weight is 554 g/mol. The Hall–Kier alpha value is -3.73. The molecule has 2 N–H and O–H groups in total. The van der Waals surface area contributed by atoms with Crippen molar-refractivity contribution in [2.24, 2.45) is 0 Å². The van der Waals surface area contributed by atoms with Gasteiger partial charge in [-0.05, 0) is 56.4 Å². The molecule has 39 heavy (non-hydrogen) atoms. The molecule has 0 aliphatic rings. The quantitative estimate of drug-likeness (QED) is 0.150. The van der Waals surface area contributed by atoms with Gasteiger partial charge in [0.05, 0.1) is 6.61 Å². The van der Waals surface area contributed by atoms with E-state index < -0.39 is 13.8 Å². The molecule has 3 aromatic heterocycles. The van der Waals surface area contributed by atoms with Crippen LogP contribution in [0.3, 0.4) is 0 Å². The number of aromatic nitrogens is 3. The van der Waals surface area contributed by atoms with E-state index in [9.17, 15) is 18.6 Å². The smallest absolute Gasteiger partial charge is 0.323 e. The number of pyridine rings is 2. The van der Waals surface area contributed by atoms with Crippen LogP contribution < -0.4 is 5.32 Å². The van der Waals surface area contributed by atoms with Gasteiger partial charge >= 0.3 is 7.82 Å². The van der Waals surface area contributed by atoms with Gasteiger partial charge in [-0.25, -0.2) is 14.5 Å². The molecule has 1 atom stereocenters. The molecule has 0 spiro atoms. The van der Waals surface area contributed by atoms with Crippen molar-refractivity contribution in [3.05, 3.63) is 79.2 Å². The number of phosphoric ester groups is 1. The molecular formula is C27H29FN5O5P. The zero-order valence-corrected chi connectivity index (χ0v) is 22.6. The highest BCUT2D eigenvalue weighted by Crippen LogP contribution is 2.44. The minimum absolute atomic E-state index is 0.00917. The number of hydrogen-bond acceptors (Lipinski definition) is 7. The van der Waals surface area contributed by atoms with Crippen LogP contribution in [0.25, 0.3) is 33.3 Å². The van der Waals surface area contributed by atoms with Crippen LogP contribution in [-0.4, -0.2) is 57.5 Å². The van der Waals surface area contributed by atoms with E-state index in [1.54, 1.807) is 42.1 Å². The van der Waals surface area contributed by atoms with Crippen LogP contribution in [0.2, 0.25) is 0 Å². The third-order valence-electron chi connectivity index (χ3n) is 5.61. The summed E-state index contributed by atoms with van der Waals surface area (Å²) in [6.07, 6.45) is 7.94. The number of anilines is 1. The number of amides is 1. The van der Waals surface area contributed by atoms with Crippen molar-refractivity contribution in [3.63, 3.8) is 0 Å². The standard InChI is InChI=1S/C27H29FN5O5P/c1-4-37-39(35,36)38-18-33-17-24(20-10-11-29-25(28)15-20)23-14-21(16-30-27(23)33)19-7-5-8-22(13-19)31-26(34)9-6-12-32(2)3/h5-11,13-17H,4,12,18H2,1-3H3,(H,31,34)(H,35,36). The summed E-state index contributed by atoms with van der Waals surface area (Å²) in [5.74, 6) is -0.886. The lowest BCUT2D eigenvalue weighted by Crippen LogP contribution is -2.12. The lowest BCUT2D eigenvalue weighted by atomic mass is 10.0. The molecule has 4 rings (SSSR count). The maximum Gasteiger partial charge on any atom is 0.473 e. The van der Waals surface area contributed by atoms with Crippen LogP contribution in [-0.2, 0) is 25.1 Å². The van der Waals surface area contributed by atoms with E-state index in [1.165, 1.54) is 18.3 Å². The van der Waals surface area contributed by atoms with Crippen LogP contribution in [0.4, 0.5) is 10.1 Å².